The van der Waals surface area contributed by atoms with Gasteiger partial charge in [-0.05, 0) is 18.6 Å². The second-order valence-corrected chi connectivity index (χ2v) is 4.04. The predicted molar refractivity (Wildman–Crippen MR) is 64.9 cm³/mol. The third kappa shape index (κ3) is 2.25. The van der Waals surface area contributed by atoms with Gasteiger partial charge in [-0.15, -0.1) is 0 Å². The zero-order valence-corrected chi connectivity index (χ0v) is 9.93. The number of nitrogens with one attached hydrogen (secondary N) is 1. The van der Waals surface area contributed by atoms with Crippen molar-refractivity contribution in [1.29, 1.82) is 0 Å². The molecule has 92 valence electrons. The minimum Gasteiger partial charge on any atom is -0.479 e. The Morgan fingerprint density at radius 1 is 1.59 bits per heavy atom. The van der Waals surface area contributed by atoms with E-state index in [9.17, 15) is 4.79 Å². The molecule has 0 aromatic carbocycles. The lowest BCUT2D eigenvalue weighted by Gasteiger charge is -2.13. The largest absolute Gasteiger partial charge is 0.479 e. The number of hydrogen-bond donors (Lipinski definition) is 2. The molecule has 1 aromatic rings. The van der Waals surface area contributed by atoms with Gasteiger partial charge >= 0.3 is 0 Å². The lowest BCUT2D eigenvalue weighted by atomic mass is 10.2. The van der Waals surface area contributed by atoms with E-state index < -0.39 is 0 Å². The van der Waals surface area contributed by atoms with E-state index in [1.54, 1.807) is 24.1 Å². The summed E-state index contributed by atoms with van der Waals surface area (Å²) in [4.78, 5) is 17.6. The van der Waals surface area contributed by atoms with Crippen molar-refractivity contribution in [3.8, 4) is 5.88 Å². The van der Waals surface area contributed by atoms with E-state index in [1.807, 2.05) is 0 Å². The van der Waals surface area contributed by atoms with Crippen LogP contribution in [-0.4, -0.2) is 42.5 Å². The monoisotopic (exact) mass is 236 g/mol. The Bertz CT molecular complexity index is 435. The fraction of sp³-hybridized carbons (Fsp3) is 0.455. The molecule has 0 saturated carbocycles. The number of anilines is 2. The van der Waals surface area contributed by atoms with Crippen LogP contribution in [0.1, 0.15) is 6.42 Å². The molecule has 1 amide bonds. The fourth-order valence-corrected chi connectivity index (χ4v) is 1.83. The molecule has 1 atom stereocenters. The third-order valence-electron chi connectivity index (χ3n) is 2.83. The molecule has 0 spiro atoms. The zero-order valence-electron chi connectivity index (χ0n) is 9.93. The SMILES string of the molecule is COc1nc(NC2CCN(C)C2=O)ccc1N. The number of methoxy groups -OCH3 is 1. The van der Waals surface area contributed by atoms with Crippen molar-refractivity contribution in [3.05, 3.63) is 12.1 Å². The van der Waals surface area contributed by atoms with E-state index in [0.29, 0.717) is 17.4 Å². The maximum Gasteiger partial charge on any atom is 0.244 e. The normalized spacial score (nSPS) is 19.5. The maximum atomic E-state index is 11.7. The van der Waals surface area contributed by atoms with Crippen LogP contribution in [0.2, 0.25) is 0 Å². The summed E-state index contributed by atoms with van der Waals surface area (Å²) in [6.45, 7) is 0.766. The molecule has 2 heterocycles. The molecule has 17 heavy (non-hydrogen) atoms. The number of likely N-dealkylation sites (tertiary alicyclic amines) is 1. The molecule has 0 aliphatic carbocycles. The second-order valence-electron chi connectivity index (χ2n) is 4.04. The summed E-state index contributed by atoms with van der Waals surface area (Å²) in [7, 11) is 3.30. The molecule has 2 rings (SSSR count). The number of carbonyl (C=O) groups excluding carboxylic acids is 1. The van der Waals surface area contributed by atoms with Crippen molar-refractivity contribution in [3.63, 3.8) is 0 Å². The Labute approximate surface area is 99.8 Å². The first-order chi connectivity index (χ1) is 8.11. The quantitative estimate of drug-likeness (QED) is 0.789. The number of amides is 1. The molecule has 1 unspecified atom stereocenters. The van der Waals surface area contributed by atoms with Crippen molar-refractivity contribution in [1.82, 2.24) is 9.88 Å². The van der Waals surface area contributed by atoms with Gasteiger partial charge in [-0.1, -0.05) is 0 Å². The number of ether oxygens (including phenoxy) is 1. The smallest absolute Gasteiger partial charge is 0.244 e. The van der Waals surface area contributed by atoms with E-state index in [0.717, 1.165) is 13.0 Å². The van der Waals surface area contributed by atoms with Gasteiger partial charge in [-0.2, -0.15) is 4.98 Å². The van der Waals surface area contributed by atoms with Crippen molar-refractivity contribution in [2.45, 2.75) is 12.5 Å². The van der Waals surface area contributed by atoms with E-state index in [4.69, 9.17) is 10.5 Å². The molecular weight excluding hydrogens is 220 g/mol. The molecule has 1 fully saturated rings. The van der Waals surface area contributed by atoms with E-state index in [1.165, 1.54) is 7.11 Å². The van der Waals surface area contributed by atoms with Crippen LogP contribution in [0.3, 0.4) is 0 Å². The van der Waals surface area contributed by atoms with Crippen LogP contribution in [-0.2, 0) is 4.79 Å². The van der Waals surface area contributed by atoms with Crippen molar-refractivity contribution in [2.24, 2.45) is 0 Å². The van der Waals surface area contributed by atoms with Gasteiger partial charge in [0.1, 0.15) is 11.9 Å². The first kappa shape index (κ1) is 11.5. The number of carbonyl (C=O) groups is 1. The molecule has 0 radical (unpaired) electrons. The Morgan fingerprint density at radius 2 is 2.35 bits per heavy atom. The number of likely N-dealkylation sites (N-methyl/N-ethyl adjacent to an activating group) is 1. The topological polar surface area (TPSA) is 80.5 Å². The summed E-state index contributed by atoms with van der Waals surface area (Å²) in [6.07, 6.45) is 0.781. The standard InChI is InChI=1S/C11H16N4O2/c1-15-6-5-8(11(15)16)13-9-4-3-7(12)10(14-9)17-2/h3-4,8H,5-6,12H2,1-2H3,(H,13,14). The van der Waals surface area contributed by atoms with Crippen molar-refractivity contribution < 1.29 is 9.53 Å². The summed E-state index contributed by atoms with van der Waals surface area (Å²) < 4.78 is 5.03. The second kappa shape index (κ2) is 4.48. The number of nitrogens with two attached hydrogens (primary N) is 1. The number of nitrogens with zero attached hydrogens (tertiary/aromatic N) is 2. The summed E-state index contributed by atoms with van der Waals surface area (Å²) >= 11 is 0. The maximum absolute atomic E-state index is 11.7. The first-order valence-corrected chi connectivity index (χ1v) is 5.44. The summed E-state index contributed by atoms with van der Waals surface area (Å²) in [5.41, 5.74) is 6.15. The summed E-state index contributed by atoms with van der Waals surface area (Å²) in [5.74, 6) is 1.06. The molecule has 3 N–H and O–H groups in total. The average molecular weight is 236 g/mol. The number of nitrogen functional groups attached to an aromatic ring is 1. The van der Waals surface area contributed by atoms with Crippen molar-refractivity contribution >= 4 is 17.4 Å². The van der Waals surface area contributed by atoms with Crippen LogP contribution in [0.4, 0.5) is 11.5 Å². The van der Waals surface area contributed by atoms with Crippen LogP contribution < -0.4 is 15.8 Å². The van der Waals surface area contributed by atoms with Crippen LogP contribution in [0.5, 0.6) is 5.88 Å². The number of hydrogen-bond acceptors (Lipinski definition) is 5. The molecule has 6 nitrogen and oxygen atoms in total. The Hall–Kier alpha value is -1.98. The van der Waals surface area contributed by atoms with E-state index in [2.05, 4.69) is 10.3 Å². The van der Waals surface area contributed by atoms with E-state index in [-0.39, 0.29) is 11.9 Å². The zero-order chi connectivity index (χ0) is 12.4. The lowest BCUT2D eigenvalue weighted by Crippen LogP contribution is -2.31. The van der Waals surface area contributed by atoms with Crippen LogP contribution >= 0.6 is 0 Å². The predicted octanol–water partition coefficient (Wildman–Crippen LogP) is 0.315. The average Bonchev–Trinajstić information content (AvgIpc) is 2.63. The fourth-order valence-electron chi connectivity index (χ4n) is 1.83. The minimum absolute atomic E-state index is 0.0857. The number of rotatable bonds is 3. The molecular formula is C11H16N4O2. The van der Waals surface area contributed by atoms with Gasteiger partial charge < -0.3 is 20.7 Å². The van der Waals surface area contributed by atoms with Gasteiger partial charge in [-0.25, -0.2) is 0 Å². The van der Waals surface area contributed by atoms with Gasteiger partial charge in [0, 0.05) is 13.6 Å². The Morgan fingerprint density at radius 3 is 2.94 bits per heavy atom. The van der Waals surface area contributed by atoms with Crippen LogP contribution in [0.15, 0.2) is 12.1 Å². The lowest BCUT2D eigenvalue weighted by molar-refractivity contribution is -0.127. The highest BCUT2D eigenvalue weighted by Crippen LogP contribution is 2.22. The highest BCUT2D eigenvalue weighted by atomic mass is 16.5. The van der Waals surface area contributed by atoms with E-state index >= 15 is 0 Å². The van der Waals surface area contributed by atoms with Gasteiger partial charge in [-0.3, -0.25) is 4.79 Å². The Kier molecular flexibility index (Phi) is 3.03. The molecule has 6 heteroatoms. The van der Waals surface area contributed by atoms with Crippen LogP contribution in [0, 0.1) is 0 Å². The highest BCUT2D eigenvalue weighted by Gasteiger charge is 2.29. The first-order valence-electron chi connectivity index (χ1n) is 5.44. The third-order valence-corrected chi connectivity index (χ3v) is 2.83. The summed E-state index contributed by atoms with van der Waals surface area (Å²) in [5, 5.41) is 3.09. The summed E-state index contributed by atoms with van der Waals surface area (Å²) in [6, 6.07) is 3.24. The van der Waals surface area contributed by atoms with Crippen molar-refractivity contribution in [2.75, 3.05) is 31.8 Å². The number of aromatic nitrogens is 1. The molecule has 1 saturated heterocycles. The van der Waals surface area contributed by atoms with Gasteiger partial charge in [0.25, 0.3) is 0 Å². The molecule has 1 aliphatic rings. The van der Waals surface area contributed by atoms with Crippen LogP contribution in [0.25, 0.3) is 0 Å². The molecule has 1 aliphatic heterocycles. The van der Waals surface area contributed by atoms with Gasteiger partial charge in [0.05, 0.1) is 12.8 Å². The minimum atomic E-state index is -0.208. The molecule has 1 aromatic heterocycles. The Balaban J connectivity index is 2.11. The molecule has 0 bridgehead atoms. The highest BCUT2D eigenvalue weighted by molar-refractivity contribution is 5.86. The number of pyridine rings is 1. The van der Waals surface area contributed by atoms with Gasteiger partial charge in [0.2, 0.25) is 11.8 Å². The van der Waals surface area contributed by atoms with Gasteiger partial charge in [0.15, 0.2) is 0 Å².